The van der Waals surface area contributed by atoms with Gasteiger partial charge in [0.15, 0.2) is 0 Å². The molecule has 3 aromatic carbocycles. The fourth-order valence-electron chi connectivity index (χ4n) is 3.48. The van der Waals surface area contributed by atoms with Gasteiger partial charge in [-0.3, -0.25) is 0 Å². The molecular formula is C25H22Cl2N2O. The molecule has 1 heterocycles. The van der Waals surface area contributed by atoms with Crippen LogP contribution >= 0.6 is 23.2 Å². The Bertz CT molecular complexity index is 1150. The van der Waals surface area contributed by atoms with Gasteiger partial charge in [0.05, 0.1) is 17.8 Å². The van der Waals surface area contributed by atoms with E-state index in [9.17, 15) is 0 Å². The number of nitrogens with zero attached hydrogens (tertiary/aromatic N) is 2. The van der Waals surface area contributed by atoms with Crippen molar-refractivity contribution in [1.82, 2.24) is 9.55 Å². The van der Waals surface area contributed by atoms with Gasteiger partial charge in [-0.2, -0.15) is 0 Å². The molecule has 5 heteroatoms. The van der Waals surface area contributed by atoms with E-state index in [2.05, 4.69) is 54.1 Å². The lowest BCUT2D eigenvalue weighted by atomic mass is 10.0. The Morgan fingerprint density at radius 2 is 1.57 bits per heavy atom. The first-order chi connectivity index (χ1) is 14.6. The molecule has 0 unspecified atom stereocenters. The summed E-state index contributed by atoms with van der Waals surface area (Å²) in [6.45, 7) is 2.96. The van der Waals surface area contributed by atoms with Gasteiger partial charge >= 0.3 is 0 Å². The van der Waals surface area contributed by atoms with Gasteiger partial charge in [-0.1, -0.05) is 59.6 Å². The summed E-state index contributed by atoms with van der Waals surface area (Å²) in [5.41, 5.74) is 5.31. The minimum absolute atomic E-state index is 0.610. The number of methoxy groups -OCH3 is 1. The Hall–Kier alpha value is -2.75. The lowest BCUT2D eigenvalue weighted by Crippen LogP contribution is -2.01. The molecule has 0 amide bonds. The molecule has 0 N–H and O–H groups in total. The van der Waals surface area contributed by atoms with Crippen LogP contribution in [0.3, 0.4) is 0 Å². The van der Waals surface area contributed by atoms with Crippen LogP contribution in [0.2, 0.25) is 10.0 Å². The molecule has 0 spiro atoms. The summed E-state index contributed by atoms with van der Waals surface area (Å²) in [5.74, 6) is 1.87. The zero-order chi connectivity index (χ0) is 21.1. The van der Waals surface area contributed by atoms with Gasteiger partial charge in [-0.15, -0.1) is 0 Å². The third kappa shape index (κ3) is 4.38. The second-order valence-corrected chi connectivity index (χ2v) is 7.90. The monoisotopic (exact) mass is 436 g/mol. The molecule has 3 nitrogen and oxygen atoms in total. The summed E-state index contributed by atoms with van der Waals surface area (Å²) >= 11 is 12.4. The number of imidazole rings is 1. The maximum Gasteiger partial charge on any atom is 0.118 e. The van der Waals surface area contributed by atoms with Gasteiger partial charge in [0.25, 0.3) is 0 Å². The topological polar surface area (TPSA) is 27.1 Å². The summed E-state index contributed by atoms with van der Waals surface area (Å²) in [6.07, 6.45) is 2.80. The van der Waals surface area contributed by atoms with Gasteiger partial charge in [0, 0.05) is 29.7 Å². The SMILES string of the molecule is CCn1cc(-c2ccc(Cl)cc2Cl)nc1Cc1ccc(-c2ccc(OC)cc2)cc1. The van der Waals surface area contributed by atoms with E-state index in [0.29, 0.717) is 10.0 Å². The van der Waals surface area contributed by atoms with Crippen molar-refractivity contribution in [3.8, 4) is 28.1 Å². The predicted octanol–water partition coefficient (Wildman–Crippen LogP) is 7.14. The minimum atomic E-state index is 0.610. The number of ether oxygens (including phenoxy) is 1. The van der Waals surface area contributed by atoms with Crippen molar-refractivity contribution in [2.24, 2.45) is 0 Å². The van der Waals surface area contributed by atoms with E-state index in [1.807, 2.05) is 24.3 Å². The first-order valence-electron chi connectivity index (χ1n) is 9.82. The van der Waals surface area contributed by atoms with Crippen molar-refractivity contribution >= 4 is 23.2 Å². The van der Waals surface area contributed by atoms with Gasteiger partial charge in [0.1, 0.15) is 11.6 Å². The van der Waals surface area contributed by atoms with Crippen molar-refractivity contribution in [2.45, 2.75) is 19.9 Å². The molecule has 1 aromatic heterocycles. The normalized spacial score (nSPS) is 10.9. The number of hydrogen-bond acceptors (Lipinski definition) is 2. The van der Waals surface area contributed by atoms with Crippen LogP contribution in [-0.4, -0.2) is 16.7 Å². The molecular weight excluding hydrogens is 415 g/mol. The average Bonchev–Trinajstić information content (AvgIpc) is 3.17. The summed E-state index contributed by atoms with van der Waals surface area (Å²) in [5, 5.41) is 1.23. The van der Waals surface area contributed by atoms with Gasteiger partial charge in [-0.25, -0.2) is 4.98 Å². The largest absolute Gasteiger partial charge is 0.497 e. The van der Waals surface area contributed by atoms with Crippen LogP contribution in [0, 0.1) is 0 Å². The molecule has 0 aliphatic carbocycles. The molecule has 152 valence electrons. The first kappa shape index (κ1) is 20.5. The molecule has 4 aromatic rings. The van der Waals surface area contributed by atoms with Gasteiger partial charge in [-0.05, 0) is 53.9 Å². The Kier molecular flexibility index (Phi) is 6.12. The second-order valence-electron chi connectivity index (χ2n) is 7.05. The average molecular weight is 437 g/mol. The molecule has 0 radical (unpaired) electrons. The van der Waals surface area contributed by atoms with E-state index in [1.54, 1.807) is 13.2 Å². The molecule has 0 fully saturated rings. The van der Waals surface area contributed by atoms with Crippen LogP contribution in [-0.2, 0) is 13.0 Å². The Morgan fingerprint density at radius 3 is 2.17 bits per heavy atom. The van der Waals surface area contributed by atoms with Crippen LogP contribution in [0.5, 0.6) is 5.75 Å². The van der Waals surface area contributed by atoms with E-state index in [-0.39, 0.29) is 0 Å². The molecule has 0 atom stereocenters. The number of benzene rings is 3. The molecule has 0 aliphatic heterocycles. The van der Waals surface area contributed by atoms with E-state index in [4.69, 9.17) is 32.9 Å². The zero-order valence-corrected chi connectivity index (χ0v) is 18.4. The fourth-order valence-corrected chi connectivity index (χ4v) is 3.98. The number of rotatable bonds is 6. The highest BCUT2D eigenvalue weighted by Crippen LogP contribution is 2.30. The third-order valence-corrected chi connectivity index (χ3v) is 5.69. The Labute approximate surface area is 186 Å². The highest BCUT2D eigenvalue weighted by molar-refractivity contribution is 6.36. The minimum Gasteiger partial charge on any atom is -0.497 e. The van der Waals surface area contributed by atoms with Crippen LogP contribution < -0.4 is 4.74 Å². The highest BCUT2D eigenvalue weighted by Gasteiger charge is 2.12. The first-order valence-corrected chi connectivity index (χ1v) is 10.6. The summed E-state index contributed by atoms with van der Waals surface area (Å²) in [6, 6.07) is 22.2. The lowest BCUT2D eigenvalue weighted by molar-refractivity contribution is 0.415. The fraction of sp³-hybridized carbons (Fsp3) is 0.160. The summed E-state index contributed by atoms with van der Waals surface area (Å²) < 4.78 is 7.40. The number of aromatic nitrogens is 2. The van der Waals surface area contributed by atoms with E-state index < -0.39 is 0 Å². The summed E-state index contributed by atoms with van der Waals surface area (Å²) in [4.78, 5) is 4.86. The van der Waals surface area contributed by atoms with E-state index in [1.165, 1.54) is 11.1 Å². The standard InChI is InChI=1S/C25H22Cl2N2O/c1-3-29-16-24(22-13-10-20(26)15-23(22)27)28-25(29)14-17-4-6-18(7-5-17)19-8-11-21(30-2)12-9-19/h4-13,15-16H,3,14H2,1-2H3. The number of halogens is 2. The highest BCUT2D eigenvalue weighted by atomic mass is 35.5. The third-order valence-electron chi connectivity index (χ3n) is 5.15. The molecule has 0 saturated carbocycles. The van der Waals surface area contributed by atoms with Crippen molar-refractivity contribution in [2.75, 3.05) is 7.11 Å². The predicted molar refractivity (Wildman–Crippen MR) is 125 cm³/mol. The number of hydrogen-bond donors (Lipinski definition) is 0. The van der Waals surface area contributed by atoms with Crippen LogP contribution in [0.1, 0.15) is 18.3 Å². The second kappa shape index (κ2) is 8.95. The molecule has 4 rings (SSSR count). The van der Waals surface area contributed by atoms with Gasteiger partial charge in [0.2, 0.25) is 0 Å². The van der Waals surface area contributed by atoms with Crippen LogP contribution in [0.25, 0.3) is 22.4 Å². The van der Waals surface area contributed by atoms with Gasteiger partial charge < -0.3 is 9.30 Å². The van der Waals surface area contributed by atoms with Crippen LogP contribution in [0.15, 0.2) is 72.9 Å². The van der Waals surface area contributed by atoms with E-state index >= 15 is 0 Å². The van der Waals surface area contributed by atoms with Crippen molar-refractivity contribution in [3.63, 3.8) is 0 Å². The lowest BCUT2D eigenvalue weighted by Gasteiger charge is -2.07. The van der Waals surface area contributed by atoms with Crippen LogP contribution in [0.4, 0.5) is 0 Å². The zero-order valence-electron chi connectivity index (χ0n) is 16.9. The number of aryl methyl sites for hydroxylation is 1. The summed E-state index contributed by atoms with van der Waals surface area (Å²) in [7, 11) is 1.68. The molecule has 0 aliphatic rings. The van der Waals surface area contributed by atoms with Crippen molar-refractivity contribution < 1.29 is 4.74 Å². The maximum absolute atomic E-state index is 6.38. The Morgan fingerprint density at radius 1 is 0.900 bits per heavy atom. The Balaban J connectivity index is 1.57. The smallest absolute Gasteiger partial charge is 0.118 e. The van der Waals surface area contributed by atoms with E-state index in [0.717, 1.165) is 41.4 Å². The van der Waals surface area contributed by atoms with Crippen molar-refractivity contribution in [1.29, 1.82) is 0 Å². The van der Waals surface area contributed by atoms with Crippen molar-refractivity contribution in [3.05, 3.63) is 94.4 Å². The quantitative estimate of drug-likeness (QED) is 0.321. The molecule has 30 heavy (non-hydrogen) atoms. The molecule has 0 saturated heterocycles. The maximum atomic E-state index is 6.38. The molecule has 0 bridgehead atoms.